The second-order valence-corrected chi connectivity index (χ2v) is 9.16. The van der Waals surface area contributed by atoms with E-state index in [1.807, 2.05) is 18.2 Å². The molecule has 0 radical (unpaired) electrons. The Morgan fingerprint density at radius 3 is 2.67 bits per heavy atom. The molecular weight excluding hydrogens is 384 g/mol. The average Bonchev–Trinajstić information content (AvgIpc) is 3.10. The Morgan fingerprint density at radius 2 is 2.00 bits per heavy atom. The molecule has 1 atom stereocenters. The smallest absolute Gasteiger partial charge is 0.255 e. The SMILES string of the molecule is NCC12CCC(NCc3cccc4c3C(=O)N(C3CCC(=O)NC3=O)C4)(CC1)CO2. The van der Waals surface area contributed by atoms with E-state index in [0.717, 1.165) is 36.8 Å². The summed E-state index contributed by atoms with van der Waals surface area (Å²) in [7, 11) is 0. The van der Waals surface area contributed by atoms with Gasteiger partial charge in [-0.1, -0.05) is 18.2 Å². The Bertz CT molecular complexity index is 890. The molecule has 0 aromatic heterocycles. The van der Waals surface area contributed by atoms with Gasteiger partial charge in [0.15, 0.2) is 0 Å². The van der Waals surface area contributed by atoms with Crippen molar-refractivity contribution < 1.29 is 19.1 Å². The van der Waals surface area contributed by atoms with Crippen LogP contribution in [-0.2, 0) is 27.4 Å². The fourth-order valence-corrected chi connectivity index (χ4v) is 5.37. The number of amides is 3. The molecule has 5 aliphatic rings. The van der Waals surface area contributed by atoms with E-state index >= 15 is 0 Å². The lowest BCUT2D eigenvalue weighted by Gasteiger charge is -2.53. The summed E-state index contributed by atoms with van der Waals surface area (Å²) in [5, 5.41) is 6.03. The summed E-state index contributed by atoms with van der Waals surface area (Å²) in [6.45, 7) is 2.20. The van der Waals surface area contributed by atoms with Crippen molar-refractivity contribution in [3.63, 3.8) is 0 Å². The number of carbonyl (C=O) groups is 3. The van der Waals surface area contributed by atoms with Crippen LogP contribution in [0.1, 0.15) is 60.0 Å². The molecule has 6 rings (SSSR count). The summed E-state index contributed by atoms with van der Waals surface area (Å²) in [6, 6.07) is 5.30. The summed E-state index contributed by atoms with van der Waals surface area (Å²) in [5.74, 6) is -0.776. The van der Waals surface area contributed by atoms with E-state index < -0.39 is 6.04 Å². The van der Waals surface area contributed by atoms with E-state index in [9.17, 15) is 14.4 Å². The fraction of sp³-hybridized carbons (Fsp3) is 0.591. The van der Waals surface area contributed by atoms with E-state index in [1.54, 1.807) is 4.90 Å². The zero-order chi connectivity index (χ0) is 20.9. The monoisotopic (exact) mass is 412 g/mol. The predicted octanol–water partition coefficient (Wildman–Crippen LogP) is 0.578. The third-order valence-electron chi connectivity index (χ3n) is 7.44. The molecule has 1 unspecified atom stereocenters. The van der Waals surface area contributed by atoms with Crippen molar-refractivity contribution in [2.45, 2.75) is 68.8 Å². The van der Waals surface area contributed by atoms with Crippen LogP contribution < -0.4 is 16.4 Å². The maximum Gasteiger partial charge on any atom is 0.255 e. The number of nitrogens with zero attached hydrogens (tertiary/aromatic N) is 1. The van der Waals surface area contributed by atoms with Crippen LogP contribution in [0.2, 0.25) is 0 Å². The van der Waals surface area contributed by atoms with Crippen molar-refractivity contribution in [2.24, 2.45) is 5.73 Å². The third-order valence-corrected chi connectivity index (χ3v) is 7.44. The van der Waals surface area contributed by atoms with Gasteiger partial charge in [0, 0.05) is 37.2 Å². The number of hydrogen-bond acceptors (Lipinski definition) is 6. The first kappa shape index (κ1) is 19.7. The number of benzene rings is 1. The summed E-state index contributed by atoms with van der Waals surface area (Å²) < 4.78 is 6.10. The number of ether oxygens (including phenoxy) is 1. The third kappa shape index (κ3) is 3.14. The second-order valence-electron chi connectivity index (χ2n) is 9.16. The molecule has 3 amide bonds. The molecule has 4 fully saturated rings. The first-order chi connectivity index (χ1) is 14.4. The Balaban J connectivity index is 1.31. The number of carbonyl (C=O) groups excluding carboxylic acids is 3. The van der Waals surface area contributed by atoms with E-state index in [-0.39, 0.29) is 35.3 Å². The highest BCUT2D eigenvalue weighted by Crippen LogP contribution is 2.43. The standard InChI is InChI=1S/C22H28N4O4/c23-12-22-8-6-21(7-9-22,13-30-22)24-10-14-2-1-3-15-11-26(20(29)18(14)15)16-4-5-17(27)25-19(16)28/h1-3,16,24H,4-13,23H2,(H,25,27,28). The van der Waals surface area contributed by atoms with Gasteiger partial charge in [-0.25, -0.2) is 0 Å². The molecule has 30 heavy (non-hydrogen) atoms. The minimum atomic E-state index is -0.587. The lowest BCUT2D eigenvalue weighted by Crippen LogP contribution is -2.63. The second kappa shape index (κ2) is 7.14. The van der Waals surface area contributed by atoms with Gasteiger partial charge in [0.2, 0.25) is 11.8 Å². The molecule has 2 bridgehead atoms. The van der Waals surface area contributed by atoms with Crippen LogP contribution in [0, 0.1) is 0 Å². The lowest BCUT2D eigenvalue weighted by atomic mass is 9.71. The summed E-state index contributed by atoms with van der Waals surface area (Å²) in [4.78, 5) is 38.6. The average molecular weight is 412 g/mol. The molecule has 0 spiro atoms. The Kier molecular flexibility index (Phi) is 4.68. The molecule has 1 aromatic rings. The molecule has 1 aliphatic carbocycles. The molecule has 8 heteroatoms. The zero-order valence-electron chi connectivity index (χ0n) is 17.0. The van der Waals surface area contributed by atoms with Gasteiger partial charge in [-0.2, -0.15) is 0 Å². The van der Waals surface area contributed by atoms with Gasteiger partial charge in [0.25, 0.3) is 5.91 Å². The van der Waals surface area contributed by atoms with Crippen molar-refractivity contribution in [3.05, 3.63) is 34.9 Å². The normalized spacial score (nSPS) is 33.0. The highest BCUT2D eigenvalue weighted by Gasteiger charge is 2.49. The van der Waals surface area contributed by atoms with Crippen LogP contribution in [0.4, 0.5) is 0 Å². The van der Waals surface area contributed by atoms with Gasteiger partial charge >= 0.3 is 0 Å². The Hall–Kier alpha value is -2.29. The van der Waals surface area contributed by atoms with Crippen molar-refractivity contribution in [2.75, 3.05) is 13.2 Å². The molecule has 4 heterocycles. The van der Waals surface area contributed by atoms with Crippen LogP contribution in [0.5, 0.6) is 0 Å². The van der Waals surface area contributed by atoms with E-state index in [4.69, 9.17) is 10.5 Å². The largest absolute Gasteiger partial charge is 0.372 e. The predicted molar refractivity (Wildman–Crippen MR) is 108 cm³/mol. The fourth-order valence-electron chi connectivity index (χ4n) is 5.37. The van der Waals surface area contributed by atoms with Gasteiger partial charge < -0.3 is 20.7 Å². The number of fused-ring (bicyclic) bond motifs is 4. The Morgan fingerprint density at radius 1 is 1.20 bits per heavy atom. The zero-order valence-corrected chi connectivity index (χ0v) is 17.0. The van der Waals surface area contributed by atoms with E-state index in [2.05, 4.69) is 10.6 Å². The summed E-state index contributed by atoms with van der Waals surface area (Å²) >= 11 is 0. The Labute approximate surface area is 175 Å². The highest BCUT2D eigenvalue weighted by atomic mass is 16.5. The van der Waals surface area contributed by atoms with E-state index in [1.165, 1.54) is 0 Å². The van der Waals surface area contributed by atoms with Crippen molar-refractivity contribution in [3.8, 4) is 0 Å². The highest BCUT2D eigenvalue weighted by molar-refractivity contribution is 6.05. The topological polar surface area (TPSA) is 114 Å². The first-order valence-corrected chi connectivity index (χ1v) is 10.8. The maximum atomic E-state index is 13.2. The minimum Gasteiger partial charge on any atom is -0.372 e. The number of hydrogen-bond donors (Lipinski definition) is 3. The molecule has 4 N–H and O–H groups in total. The molecule has 8 nitrogen and oxygen atoms in total. The molecule has 3 saturated heterocycles. The number of rotatable bonds is 5. The molecule has 4 aliphatic heterocycles. The van der Waals surface area contributed by atoms with Crippen LogP contribution in [0.3, 0.4) is 0 Å². The van der Waals surface area contributed by atoms with Gasteiger partial charge in [-0.15, -0.1) is 0 Å². The van der Waals surface area contributed by atoms with Crippen molar-refractivity contribution >= 4 is 17.7 Å². The minimum absolute atomic E-state index is 0.0649. The molecule has 1 saturated carbocycles. The number of piperidine rings is 1. The van der Waals surface area contributed by atoms with Crippen LogP contribution in [-0.4, -0.2) is 53.0 Å². The maximum absolute atomic E-state index is 13.2. The van der Waals surface area contributed by atoms with Gasteiger partial charge in [0.1, 0.15) is 6.04 Å². The number of nitrogens with two attached hydrogens (primary N) is 1. The molecular formula is C22H28N4O4. The first-order valence-electron chi connectivity index (χ1n) is 10.8. The van der Waals surface area contributed by atoms with Crippen molar-refractivity contribution in [1.82, 2.24) is 15.5 Å². The van der Waals surface area contributed by atoms with Gasteiger partial charge in [-0.3, -0.25) is 19.7 Å². The number of nitrogens with one attached hydrogen (secondary N) is 2. The van der Waals surface area contributed by atoms with Crippen LogP contribution in [0.25, 0.3) is 0 Å². The lowest BCUT2D eigenvalue weighted by molar-refractivity contribution is -0.156. The van der Waals surface area contributed by atoms with Gasteiger partial charge in [0.05, 0.1) is 12.2 Å². The van der Waals surface area contributed by atoms with Crippen LogP contribution >= 0.6 is 0 Å². The molecule has 1 aromatic carbocycles. The van der Waals surface area contributed by atoms with Crippen LogP contribution in [0.15, 0.2) is 18.2 Å². The quantitative estimate of drug-likeness (QED) is 0.610. The summed E-state index contributed by atoms with van der Waals surface area (Å²) in [6.07, 6.45) is 4.61. The van der Waals surface area contributed by atoms with E-state index in [0.29, 0.717) is 38.2 Å². The number of imide groups is 1. The molecule has 160 valence electrons. The van der Waals surface area contributed by atoms with Crippen molar-refractivity contribution in [1.29, 1.82) is 0 Å². The summed E-state index contributed by atoms with van der Waals surface area (Å²) in [5.41, 5.74) is 8.28. The van der Waals surface area contributed by atoms with Gasteiger partial charge in [-0.05, 0) is 43.2 Å².